The Kier molecular flexibility index (Phi) is 11.1. The molecule has 0 saturated carbocycles. The fourth-order valence-electron chi connectivity index (χ4n) is 3.66. The van der Waals surface area contributed by atoms with Gasteiger partial charge < -0.3 is 20.1 Å². The highest BCUT2D eigenvalue weighted by Crippen LogP contribution is 2.34. The van der Waals surface area contributed by atoms with Gasteiger partial charge in [-0.25, -0.2) is 5.43 Å². The molecule has 3 aromatic carbocycles. The second-order valence-electron chi connectivity index (χ2n) is 9.30. The minimum absolute atomic E-state index is 0.165. The van der Waals surface area contributed by atoms with Crippen LogP contribution in [0.2, 0.25) is 0 Å². The van der Waals surface area contributed by atoms with E-state index in [1.54, 1.807) is 13.0 Å². The summed E-state index contributed by atoms with van der Waals surface area (Å²) in [7, 11) is 0. The van der Waals surface area contributed by atoms with Gasteiger partial charge in [0, 0.05) is 6.54 Å². The first-order chi connectivity index (χ1) is 20.0. The van der Waals surface area contributed by atoms with Crippen molar-refractivity contribution in [3.05, 3.63) is 89.0 Å². The number of alkyl halides is 3. The molecule has 0 saturated heterocycles. The van der Waals surface area contributed by atoms with Crippen LogP contribution in [0.5, 0.6) is 11.5 Å². The molecule has 0 spiro atoms. The summed E-state index contributed by atoms with van der Waals surface area (Å²) in [4.78, 5) is 36.5. The largest absolute Gasteiger partial charge is 0.490 e. The van der Waals surface area contributed by atoms with Crippen LogP contribution in [0.15, 0.2) is 71.8 Å². The number of benzene rings is 3. The van der Waals surface area contributed by atoms with Crippen LogP contribution < -0.4 is 25.5 Å². The number of halogens is 3. The third-order valence-corrected chi connectivity index (χ3v) is 5.82. The van der Waals surface area contributed by atoms with E-state index < -0.39 is 36.1 Å². The minimum atomic E-state index is -4.63. The second-order valence-corrected chi connectivity index (χ2v) is 9.30. The number of hydrogen-bond acceptors (Lipinski definition) is 6. The van der Waals surface area contributed by atoms with Gasteiger partial charge in [-0.15, -0.1) is 0 Å². The van der Waals surface area contributed by atoms with E-state index in [-0.39, 0.29) is 30.3 Å². The van der Waals surface area contributed by atoms with E-state index in [0.29, 0.717) is 11.5 Å². The summed E-state index contributed by atoms with van der Waals surface area (Å²) >= 11 is 0. The van der Waals surface area contributed by atoms with Crippen molar-refractivity contribution in [2.24, 2.45) is 5.10 Å². The molecular weight excluding hydrogens is 553 g/mol. The van der Waals surface area contributed by atoms with E-state index in [1.807, 2.05) is 24.3 Å². The Bertz CT molecular complexity index is 1420. The van der Waals surface area contributed by atoms with Gasteiger partial charge in [0.15, 0.2) is 18.1 Å². The van der Waals surface area contributed by atoms with E-state index in [9.17, 15) is 27.6 Å². The molecule has 0 aliphatic heterocycles. The summed E-state index contributed by atoms with van der Waals surface area (Å²) in [5, 5.41) is 8.52. The number of ether oxygens (including phenoxy) is 2. The Hall–Kier alpha value is -4.87. The fraction of sp³-hybridized carbons (Fsp3) is 0.267. The molecular formula is C30H31F3N4O5. The molecule has 12 heteroatoms. The van der Waals surface area contributed by atoms with Crippen LogP contribution in [-0.4, -0.2) is 37.1 Å². The summed E-state index contributed by atoms with van der Waals surface area (Å²) in [6.45, 7) is 5.74. The minimum Gasteiger partial charge on any atom is -0.490 e. The zero-order valence-electron chi connectivity index (χ0n) is 23.2. The SMILES string of the molecule is CCOc1cc(/C=N\NC(=O)C(=O)NCc2ccc(C(C)C)cc2)ccc1OCC(=O)Nc1ccccc1C(F)(F)F. The van der Waals surface area contributed by atoms with E-state index in [4.69, 9.17) is 9.47 Å². The van der Waals surface area contributed by atoms with Crippen LogP contribution >= 0.6 is 0 Å². The Labute approximate surface area is 241 Å². The van der Waals surface area contributed by atoms with Crippen molar-refractivity contribution in [2.75, 3.05) is 18.5 Å². The monoisotopic (exact) mass is 584 g/mol. The van der Waals surface area contributed by atoms with Crippen molar-refractivity contribution < 1.29 is 37.0 Å². The first kappa shape index (κ1) is 31.7. The van der Waals surface area contributed by atoms with Gasteiger partial charge in [0.05, 0.1) is 24.1 Å². The lowest BCUT2D eigenvalue weighted by Gasteiger charge is -2.15. The summed E-state index contributed by atoms with van der Waals surface area (Å²) in [5.41, 5.74) is 3.28. The van der Waals surface area contributed by atoms with Gasteiger partial charge >= 0.3 is 18.0 Å². The van der Waals surface area contributed by atoms with Gasteiger partial charge in [0.25, 0.3) is 5.91 Å². The van der Waals surface area contributed by atoms with Crippen LogP contribution in [0.25, 0.3) is 0 Å². The lowest BCUT2D eigenvalue weighted by Crippen LogP contribution is -2.37. The molecule has 0 fully saturated rings. The van der Waals surface area contributed by atoms with Crippen LogP contribution in [0.3, 0.4) is 0 Å². The lowest BCUT2D eigenvalue weighted by atomic mass is 10.0. The van der Waals surface area contributed by atoms with Gasteiger partial charge in [-0.3, -0.25) is 14.4 Å². The number of para-hydroxylation sites is 1. The quantitative estimate of drug-likeness (QED) is 0.166. The third-order valence-electron chi connectivity index (χ3n) is 5.82. The number of carbonyl (C=O) groups excluding carboxylic acids is 3. The van der Waals surface area contributed by atoms with Crippen molar-refractivity contribution in [3.8, 4) is 11.5 Å². The number of hydrazone groups is 1. The van der Waals surface area contributed by atoms with E-state index in [1.165, 1.54) is 36.0 Å². The molecule has 3 N–H and O–H groups in total. The van der Waals surface area contributed by atoms with Crippen LogP contribution in [0, 0.1) is 0 Å². The van der Waals surface area contributed by atoms with Gasteiger partial charge in [-0.2, -0.15) is 18.3 Å². The van der Waals surface area contributed by atoms with E-state index in [0.717, 1.165) is 17.7 Å². The molecule has 9 nitrogen and oxygen atoms in total. The molecule has 0 aliphatic carbocycles. The van der Waals surface area contributed by atoms with Crippen molar-refractivity contribution in [2.45, 2.75) is 39.4 Å². The Morgan fingerprint density at radius 1 is 0.929 bits per heavy atom. The number of anilines is 1. The van der Waals surface area contributed by atoms with Crippen LogP contribution in [0.4, 0.5) is 18.9 Å². The maximum Gasteiger partial charge on any atom is 0.418 e. The summed E-state index contributed by atoms with van der Waals surface area (Å²) in [5.74, 6) is -1.82. The van der Waals surface area contributed by atoms with Crippen molar-refractivity contribution in [1.82, 2.24) is 10.7 Å². The van der Waals surface area contributed by atoms with Gasteiger partial charge in [0.2, 0.25) is 0 Å². The molecule has 0 atom stereocenters. The molecule has 0 aliphatic rings. The Morgan fingerprint density at radius 3 is 2.31 bits per heavy atom. The van der Waals surface area contributed by atoms with E-state index in [2.05, 4.69) is 35.0 Å². The highest BCUT2D eigenvalue weighted by atomic mass is 19.4. The predicted octanol–water partition coefficient (Wildman–Crippen LogP) is 5.01. The molecule has 222 valence electrons. The molecule has 42 heavy (non-hydrogen) atoms. The third kappa shape index (κ3) is 9.36. The zero-order valence-corrected chi connectivity index (χ0v) is 23.2. The summed E-state index contributed by atoms with van der Waals surface area (Å²) in [6.07, 6.45) is -3.35. The molecule has 0 aromatic heterocycles. The molecule has 0 radical (unpaired) electrons. The molecule has 0 unspecified atom stereocenters. The maximum atomic E-state index is 13.2. The number of carbonyl (C=O) groups is 3. The highest BCUT2D eigenvalue weighted by molar-refractivity contribution is 6.35. The van der Waals surface area contributed by atoms with Crippen molar-refractivity contribution in [3.63, 3.8) is 0 Å². The second kappa shape index (κ2) is 14.7. The number of amides is 3. The Balaban J connectivity index is 1.54. The number of nitrogens with zero attached hydrogens (tertiary/aromatic N) is 1. The van der Waals surface area contributed by atoms with Crippen molar-refractivity contribution >= 4 is 29.6 Å². The van der Waals surface area contributed by atoms with Gasteiger partial charge in [-0.05, 0) is 59.9 Å². The number of rotatable bonds is 11. The predicted molar refractivity (Wildman–Crippen MR) is 151 cm³/mol. The molecule has 3 rings (SSSR count). The Morgan fingerprint density at radius 2 is 1.64 bits per heavy atom. The number of nitrogens with one attached hydrogen (secondary N) is 3. The van der Waals surface area contributed by atoms with E-state index >= 15 is 0 Å². The normalized spacial score (nSPS) is 11.3. The number of hydrogen-bond donors (Lipinski definition) is 3. The van der Waals surface area contributed by atoms with Gasteiger partial charge in [-0.1, -0.05) is 50.2 Å². The maximum absolute atomic E-state index is 13.2. The lowest BCUT2D eigenvalue weighted by molar-refractivity contribution is -0.139. The zero-order chi connectivity index (χ0) is 30.7. The molecule has 3 amide bonds. The van der Waals surface area contributed by atoms with Crippen LogP contribution in [-0.2, 0) is 27.1 Å². The highest BCUT2D eigenvalue weighted by Gasteiger charge is 2.33. The van der Waals surface area contributed by atoms with Crippen LogP contribution in [0.1, 0.15) is 48.9 Å². The summed E-state index contributed by atoms with van der Waals surface area (Å²) in [6, 6.07) is 16.9. The average Bonchev–Trinajstić information content (AvgIpc) is 2.95. The molecule has 0 bridgehead atoms. The summed E-state index contributed by atoms with van der Waals surface area (Å²) < 4.78 is 50.5. The molecule has 0 heterocycles. The topological polar surface area (TPSA) is 118 Å². The van der Waals surface area contributed by atoms with Gasteiger partial charge in [0.1, 0.15) is 0 Å². The van der Waals surface area contributed by atoms with Crippen molar-refractivity contribution in [1.29, 1.82) is 0 Å². The average molecular weight is 585 g/mol. The molecule has 3 aromatic rings. The smallest absolute Gasteiger partial charge is 0.418 e. The standard InChI is InChI=1S/C30H31F3N4O5/c1-4-41-26-15-21(17-35-37-29(40)28(39)34-16-20-9-12-22(13-10-20)19(2)3)11-14-25(26)42-18-27(38)36-24-8-6-5-7-23(24)30(31,32)33/h5-15,17,19H,4,16,18H2,1-3H3,(H,34,39)(H,36,38)(H,37,40)/b35-17-. The fourth-order valence-corrected chi connectivity index (χ4v) is 3.66. The first-order valence-corrected chi connectivity index (χ1v) is 13.0. The first-order valence-electron chi connectivity index (χ1n) is 13.0.